The van der Waals surface area contributed by atoms with Crippen LogP contribution in [0.15, 0.2) is 79.4 Å². The normalized spacial score (nSPS) is 12.9. The van der Waals surface area contributed by atoms with E-state index in [-0.39, 0.29) is 30.7 Å². The number of amides is 3. The van der Waals surface area contributed by atoms with Crippen molar-refractivity contribution in [3.8, 4) is 5.69 Å². The topological polar surface area (TPSA) is 84.3 Å². The van der Waals surface area contributed by atoms with Gasteiger partial charge in [0, 0.05) is 53.2 Å². The van der Waals surface area contributed by atoms with E-state index in [1.807, 2.05) is 59.3 Å². The Morgan fingerprint density at radius 2 is 1.59 bits per heavy atom. The van der Waals surface area contributed by atoms with Crippen LogP contribution in [0.3, 0.4) is 0 Å². The number of carbonyl (C=O) groups excluding carboxylic acids is 3. The molecule has 0 saturated carbocycles. The number of hydrogen-bond donors (Lipinski definition) is 1. The number of aromatic nitrogens is 2. The van der Waals surface area contributed by atoms with Crippen molar-refractivity contribution in [1.82, 2.24) is 14.5 Å². The second kappa shape index (κ2) is 8.11. The predicted octanol–water partition coefficient (Wildman–Crippen LogP) is 4.04. The molecule has 4 aromatic rings. The molecule has 0 saturated heterocycles. The monoisotopic (exact) mass is 424 g/mol. The van der Waals surface area contributed by atoms with Crippen molar-refractivity contribution in [3.63, 3.8) is 0 Å². The highest BCUT2D eigenvalue weighted by Crippen LogP contribution is 2.30. The fraction of sp³-hybridized carbons (Fsp3) is 0.120. The Kier molecular flexibility index (Phi) is 4.99. The molecule has 158 valence electrons. The zero-order chi connectivity index (χ0) is 22.1. The molecule has 0 atom stereocenters. The smallest absolute Gasteiger partial charge is 0.261 e. The molecule has 7 nitrogen and oxygen atoms in total. The average Bonchev–Trinajstić information content (AvgIpc) is 3.35. The maximum atomic E-state index is 12.9. The lowest BCUT2D eigenvalue weighted by Gasteiger charge is -2.27. The summed E-state index contributed by atoms with van der Waals surface area (Å²) in [5.41, 5.74) is 2.68. The van der Waals surface area contributed by atoms with Gasteiger partial charge in [0.2, 0.25) is 5.91 Å². The number of benzene rings is 3. The third-order valence-electron chi connectivity index (χ3n) is 5.59. The van der Waals surface area contributed by atoms with Crippen LogP contribution < -0.4 is 5.32 Å². The quantitative estimate of drug-likeness (QED) is 0.474. The number of nitrogens with one attached hydrogen (secondary N) is 1. The van der Waals surface area contributed by atoms with E-state index in [0.717, 1.165) is 11.1 Å². The largest absolute Gasteiger partial charge is 0.326 e. The minimum Gasteiger partial charge on any atom is -0.326 e. The van der Waals surface area contributed by atoms with Crippen LogP contribution in [0, 0.1) is 0 Å². The number of rotatable bonds is 6. The molecule has 0 aliphatic carbocycles. The molecule has 1 N–H and O–H groups in total. The highest BCUT2D eigenvalue weighted by atomic mass is 16.2. The fourth-order valence-electron chi connectivity index (χ4n) is 4.03. The van der Waals surface area contributed by atoms with Gasteiger partial charge in [0.05, 0.1) is 6.33 Å². The minimum absolute atomic E-state index is 0.167. The van der Waals surface area contributed by atoms with Gasteiger partial charge in [0.15, 0.2) is 0 Å². The Balaban J connectivity index is 1.21. The lowest BCUT2D eigenvalue weighted by molar-refractivity contribution is -0.116. The lowest BCUT2D eigenvalue weighted by Crippen LogP contribution is -2.41. The van der Waals surface area contributed by atoms with Gasteiger partial charge < -0.3 is 9.88 Å². The van der Waals surface area contributed by atoms with Crippen molar-refractivity contribution < 1.29 is 14.4 Å². The first-order chi connectivity index (χ1) is 15.6. The SMILES string of the molecule is O=C(CCCN1C(=O)c2cccc3cccc(c23)C1=O)Nc1ccc(-n2ccnc2)cc1. The average molecular weight is 424 g/mol. The summed E-state index contributed by atoms with van der Waals surface area (Å²) < 4.78 is 1.87. The van der Waals surface area contributed by atoms with Crippen molar-refractivity contribution in [2.75, 3.05) is 11.9 Å². The van der Waals surface area contributed by atoms with Gasteiger partial charge in [-0.2, -0.15) is 0 Å². The zero-order valence-electron chi connectivity index (χ0n) is 17.2. The third kappa shape index (κ3) is 3.54. The summed E-state index contributed by atoms with van der Waals surface area (Å²) in [5.74, 6) is -0.788. The fourth-order valence-corrected chi connectivity index (χ4v) is 4.03. The molecule has 1 aliphatic heterocycles. The summed E-state index contributed by atoms with van der Waals surface area (Å²) in [6.45, 7) is 0.190. The lowest BCUT2D eigenvalue weighted by atomic mass is 9.94. The molecule has 1 aliphatic rings. The predicted molar refractivity (Wildman–Crippen MR) is 121 cm³/mol. The molecule has 7 heteroatoms. The summed E-state index contributed by atoms with van der Waals surface area (Å²) in [7, 11) is 0. The van der Waals surface area contributed by atoms with Crippen LogP contribution in [0.5, 0.6) is 0 Å². The van der Waals surface area contributed by atoms with E-state index in [4.69, 9.17) is 0 Å². The first kappa shape index (κ1) is 19.7. The molecule has 0 radical (unpaired) electrons. The van der Waals surface area contributed by atoms with E-state index in [1.165, 1.54) is 4.90 Å². The van der Waals surface area contributed by atoms with E-state index >= 15 is 0 Å². The third-order valence-corrected chi connectivity index (χ3v) is 5.59. The molecule has 3 amide bonds. The van der Waals surface area contributed by atoms with Gasteiger partial charge >= 0.3 is 0 Å². The Morgan fingerprint density at radius 3 is 2.22 bits per heavy atom. The summed E-state index contributed by atoms with van der Waals surface area (Å²) in [6.07, 6.45) is 5.83. The number of hydrogen-bond acceptors (Lipinski definition) is 4. The molecule has 0 unspecified atom stereocenters. The molecule has 1 aromatic heterocycles. The van der Waals surface area contributed by atoms with Crippen LogP contribution in [-0.4, -0.2) is 38.7 Å². The van der Waals surface area contributed by atoms with Gasteiger partial charge in [0.25, 0.3) is 11.8 Å². The van der Waals surface area contributed by atoms with Crippen LogP contribution in [0.2, 0.25) is 0 Å². The first-order valence-electron chi connectivity index (χ1n) is 10.4. The van der Waals surface area contributed by atoms with Crippen LogP contribution >= 0.6 is 0 Å². The summed E-state index contributed by atoms with van der Waals surface area (Å²) >= 11 is 0. The van der Waals surface area contributed by atoms with Crippen molar-refractivity contribution in [1.29, 1.82) is 0 Å². The van der Waals surface area contributed by atoms with Crippen LogP contribution in [0.25, 0.3) is 16.5 Å². The number of anilines is 1. The Labute approximate surface area is 184 Å². The van der Waals surface area contributed by atoms with Crippen LogP contribution in [0.1, 0.15) is 33.6 Å². The molecule has 2 heterocycles. The second-order valence-electron chi connectivity index (χ2n) is 7.64. The van der Waals surface area contributed by atoms with E-state index in [9.17, 15) is 14.4 Å². The second-order valence-corrected chi connectivity index (χ2v) is 7.64. The van der Waals surface area contributed by atoms with Crippen LogP contribution in [0.4, 0.5) is 5.69 Å². The van der Waals surface area contributed by atoms with Crippen molar-refractivity contribution >= 4 is 34.2 Å². The molecule has 3 aromatic carbocycles. The van der Waals surface area contributed by atoms with Gasteiger partial charge in [-0.3, -0.25) is 19.3 Å². The van der Waals surface area contributed by atoms with E-state index in [1.54, 1.807) is 24.7 Å². The Hall–Kier alpha value is -4.26. The van der Waals surface area contributed by atoms with Gasteiger partial charge in [-0.1, -0.05) is 24.3 Å². The maximum absolute atomic E-state index is 12.9. The van der Waals surface area contributed by atoms with Crippen molar-refractivity contribution in [2.45, 2.75) is 12.8 Å². The zero-order valence-corrected chi connectivity index (χ0v) is 17.2. The van der Waals surface area contributed by atoms with Gasteiger partial charge in [-0.25, -0.2) is 4.98 Å². The molecular formula is C25H20N4O3. The highest BCUT2D eigenvalue weighted by Gasteiger charge is 2.32. The van der Waals surface area contributed by atoms with Crippen molar-refractivity contribution in [2.24, 2.45) is 0 Å². The number of imidazole rings is 1. The van der Waals surface area contributed by atoms with Gasteiger partial charge in [0.1, 0.15) is 0 Å². The standard InChI is InChI=1S/C25H20N4O3/c30-22(27-18-9-11-19(12-10-18)28-15-13-26-16-28)8-3-14-29-24(31)20-6-1-4-17-5-2-7-21(23(17)20)25(29)32/h1-2,4-7,9-13,15-16H,3,8,14H2,(H,27,30). The first-order valence-corrected chi connectivity index (χ1v) is 10.4. The van der Waals surface area contributed by atoms with Crippen LogP contribution in [-0.2, 0) is 4.79 Å². The number of carbonyl (C=O) groups is 3. The summed E-state index contributed by atoms with van der Waals surface area (Å²) in [5, 5.41) is 4.44. The molecule has 0 spiro atoms. The van der Waals surface area contributed by atoms with Gasteiger partial charge in [-0.05, 0) is 48.2 Å². The summed E-state index contributed by atoms with van der Waals surface area (Å²) in [4.78, 5) is 43.4. The molecule has 0 fully saturated rings. The molecule has 5 rings (SSSR count). The molecular weight excluding hydrogens is 404 g/mol. The van der Waals surface area contributed by atoms with E-state index < -0.39 is 0 Å². The van der Waals surface area contributed by atoms with E-state index in [2.05, 4.69) is 10.3 Å². The van der Waals surface area contributed by atoms with Gasteiger partial charge in [-0.15, -0.1) is 0 Å². The van der Waals surface area contributed by atoms with Crippen molar-refractivity contribution in [3.05, 3.63) is 90.5 Å². The minimum atomic E-state index is -0.310. The Morgan fingerprint density at radius 1 is 0.906 bits per heavy atom. The number of imide groups is 1. The van der Waals surface area contributed by atoms with E-state index in [0.29, 0.717) is 28.6 Å². The number of nitrogens with zero attached hydrogens (tertiary/aromatic N) is 3. The molecule has 32 heavy (non-hydrogen) atoms. The highest BCUT2D eigenvalue weighted by molar-refractivity contribution is 6.25. The molecule has 0 bridgehead atoms. The summed E-state index contributed by atoms with van der Waals surface area (Å²) in [6, 6.07) is 18.3. The Bertz CT molecular complexity index is 1280. The maximum Gasteiger partial charge on any atom is 0.261 e.